The van der Waals surface area contributed by atoms with E-state index in [1.807, 2.05) is 0 Å². The van der Waals surface area contributed by atoms with E-state index in [9.17, 15) is 0 Å². The molecule has 0 aliphatic rings. The lowest BCUT2D eigenvalue weighted by atomic mass is 9.85. The topological polar surface area (TPSA) is 0 Å². The molecule has 0 N–H and O–H groups in total. The number of rotatable bonds is 2. The van der Waals surface area contributed by atoms with Crippen molar-refractivity contribution in [3.8, 4) is 22.3 Å². The van der Waals surface area contributed by atoms with Crippen LogP contribution in [0.3, 0.4) is 0 Å². The van der Waals surface area contributed by atoms with Gasteiger partial charge >= 0.3 is 0 Å². The Bertz CT molecular complexity index is 1910. The molecule has 0 aliphatic heterocycles. The zero-order valence-corrected chi connectivity index (χ0v) is 21.2. The van der Waals surface area contributed by atoms with Crippen LogP contribution < -0.4 is 0 Å². The van der Waals surface area contributed by atoms with Crippen LogP contribution in [-0.4, -0.2) is 0 Å². The molecule has 0 fully saturated rings. The first-order valence-corrected chi connectivity index (χ1v) is 13.0. The van der Waals surface area contributed by atoms with E-state index in [1.54, 1.807) is 0 Å². The maximum Gasteiger partial charge on any atom is 0.0136 e. The van der Waals surface area contributed by atoms with Gasteiger partial charge in [-0.25, -0.2) is 0 Å². The van der Waals surface area contributed by atoms with Crippen molar-refractivity contribution in [2.24, 2.45) is 0 Å². The van der Waals surface area contributed by atoms with Crippen LogP contribution in [0, 0.1) is 3.57 Å². The van der Waals surface area contributed by atoms with Gasteiger partial charge in [0, 0.05) is 3.57 Å². The Balaban J connectivity index is 1.63. The van der Waals surface area contributed by atoms with Crippen LogP contribution in [0.15, 0.2) is 127 Å². The molecule has 0 unspecified atom stereocenters. The highest BCUT2D eigenvalue weighted by Gasteiger charge is 2.17. The van der Waals surface area contributed by atoms with Gasteiger partial charge in [-0.3, -0.25) is 0 Å². The molecule has 0 saturated heterocycles. The second-order valence-corrected chi connectivity index (χ2v) is 10.4. The van der Waals surface area contributed by atoms with E-state index in [0.29, 0.717) is 0 Å². The van der Waals surface area contributed by atoms with E-state index in [0.717, 1.165) is 0 Å². The van der Waals surface area contributed by atoms with Crippen molar-refractivity contribution < 1.29 is 0 Å². The van der Waals surface area contributed by atoms with Gasteiger partial charge in [0.1, 0.15) is 0 Å². The zero-order chi connectivity index (χ0) is 23.4. The molecule has 0 aromatic heterocycles. The Morgan fingerprint density at radius 1 is 0.343 bits per heavy atom. The van der Waals surface area contributed by atoms with Gasteiger partial charge in [0.25, 0.3) is 0 Å². The highest BCUT2D eigenvalue weighted by atomic mass is 127. The van der Waals surface area contributed by atoms with Gasteiger partial charge in [0.2, 0.25) is 0 Å². The summed E-state index contributed by atoms with van der Waals surface area (Å²) in [5, 5.41) is 10.3. The van der Waals surface area contributed by atoms with Crippen LogP contribution >= 0.6 is 22.6 Å². The Kier molecular flexibility index (Phi) is 4.85. The van der Waals surface area contributed by atoms with Crippen molar-refractivity contribution >= 4 is 65.7 Å². The molecule has 1 heteroatoms. The Labute approximate surface area is 218 Å². The molecule has 7 aromatic rings. The molecule has 0 radical (unpaired) electrons. The minimum absolute atomic E-state index is 1.25. The third-order valence-electron chi connectivity index (χ3n) is 7.06. The molecule has 7 rings (SSSR count). The number of hydrogen-bond acceptors (Lipinski definition) is 0. The molecule has 0 saturated carbocycles. The lowest BCUT2D eigenvalue weighted by Gasteiger charge is -2.18. The molecule has 7 aromatic carbocycles. The van der Waals surface area contributed by atoms with Crippen LogP contribution in [0.25, 0.3) is 65.3 Å². The Morgan fingerprint density at radius 3 is 1.37 bits per heavy atom. The molecular weight excluding hydrogens is 535 g/mol. The van der Waals surface area contributed by atoms with E-state index in [-0.39, 0.29) is 0 Å². The van der Waals surface area contributed by atoms with Gasteiger partial charge in [-0.1, -0.05) is 103 Å². The second-order valence-electron chi connectivity index (χ2n) is 9.11. The summed E-state index contributed by atoms with van der Waals surface area (Å²) in [6.07, 6.45) is 0. The average molecular weight is 556 g/mol. The van der Waals surface area contributed by atoms with Crippen molar-refractivity contribution in [2.45, 2.75) is 0 Å². The van der Waals surface area contributed by atoms with E-state index < -0.39 is 0 Å². The summed E-state index contributed by atoms with van der Waals surface area (Å²) >= 11 is 2.44. The molecular formula is C34H21I. The first-order valence-electron chi connectivity index (χ1n) is 11.9. The molecule has 0 bridgehead atoms. The number of benzene rings is 7. The van der Waals surface area contributed by atoms with Crippen molar-refractivity contribution in [1.29, 1.82) is 0 Å². The molecule has 0 atom stereocenters. The van der Waals surface area contributed by atoms with E-state index in [2.05, 4.69) is 150 Å². The monoisotopic (exact) mass is 556 g/mol. The van der Waals surface area contributed by atoms with Gasteiger partial charge < -0.3 is 0 Å². The first-order chi connectivity index (χ1) is 17.3. The normalized spacial score (nSPS) is 11.6. The first kappa shape index (κ1) is 20.7. The van der Waals surface area contributed by atoms with Gasteiger partial charge in [0.15, 0.2) is 0 Å². The summed E-state index contributed by atoms with van der Waals surface area (Å²) in [5.74, 6) is 0. The van der Waals surface area contributed by atoms with Crippen molar-refractivity contribution in [3.05, 3.63) is 131 Å². The van der Waals surface area contributed by atoms with Crippen molar-refractivity contribution in [3.63, 3.8) is 0 Å². The highest BCUT2D eigenvalue weighted by Crippen LogP contribution is 2.44. The fourth-order valence-corrected chi connectivity index (χ4v) is 5.95. The summed E-state index contributed by atoms with van der Waals surface area (Å²) in [6.45, 7) is 0. The maximum absolute atomic E-state index is 2.44. The molecule has 0 spiro atoms. The zero-order valence-electron chi connectivity index (χ0n) is 19.0. The van der Waals surface area contributed by atoms with Crippen molar-refractivity contribution in [2.75, 3.05) is 0 Å². The number of halogens is 1. The molecule has 164 valence electrons. The van der Waals surface area contributed by atoms with Gasteiger partial charge in [-0.05, 0) is 112 Å². The van der Waals surface area contributed by atoms with Gasteiger partial charge in [0.05, 0.1) is 0 Å². The summed E-state index contributed by atoms with van der Waals surface area (Å²) in [4.78, 5) is 0. The summed E-state index contributed by atoms with van der Waals surface area (Å²) < 4.78 is 1.25. The van der Waals surface area contributed by atoms with E-state index in [1.165, 1.54) is 68.9 Å². The predicted molar refractivity (Wildman–Crippen MR) is 160 cm³/mol. The smallest absolute Gasteiger partial charge is 0.0136 e. The summed E-state index contributed by atoms with van der Waals surface area (Å²) in [7, 11) is 0. The molecule has 35 heavy (non-hydrogen) atoms. The van der Waals surface area contributed by atoms with Gasteiger partial charge in [-0.2, -0.15) is 0 Å². The maximum atomic E-state index is 2.44. The lowest BCUT2D eigenvalue weighted by Crippen LogP contribution is -1.92. The minimum atomic E-state index is 1.25. The van der Waals surface area contributed by atoms with E-state index >= 15 is 0 Å². The fourth-order valence-electron chi connectivity index (χ4n) is 5.46. The average Bonchev–Trinajstić information content (AvgIpc) is 2.91. The predicted octanol–water partition coefficient (Wildman–Crippen LogP) is 10.2. The van der Waals surface area contributed by atoms with Crippen LogP contribution in [0.4, 0.5) is 0 Å². The van der Waals surface area contributed by atoms with Crippen molar-refractivity contribution in [1.82, 2.24) is 0 Å². The molecule has 0 aliphatic carbocycles. The summed E-state index contributed by atoms with van der Waals surface area (Å²) in [5.41, 5.74) is 5.14. The van der Waals surface area contributed by atoms with Crippen LogP contribution in [0.2, 0.25) is 0 Å². The standard InChI is InChI=1S/C34H21I/c35-28-17-18-31-32(21-28)34(27-16-14-23-8-2-4-10-25(23)20-27)30-12-6-5-11-29(30)33(31)26-15-13-22-7-1-3-9-24(22)19-26/h1-21H. The highest BCUT2D eigenvalue weighted by molar-refractivity contribution is 14.1. The largest absolute Gasteiger partial charge is 0.0616 e. The van der Waals surface area contributed by atoms with Crippen LogP contribution in [0.5, 0.6) is 0 Å². The molecule has 0 nitrogen and oxygen atoms in total. The third kappa shape index (κ3) is 3.42. The quantitative estimate of drug-likeness (QED) is 0.147. The third-order valence-corrected chi connectivity index (χ3v) is 7.73. The Morgan fingerprint density at radius 2 is 0.800 bits per heavy atom. The van der Waals surface area contributed by atoms with Crippen LogP contribution in [-0.2, 0) is 0 Å². The van der Waals surface area contributed by atoms with Crippen LogP contribution in [0.1, 0.15) is 0 Å². The molecule has 0 amide bonds. The van der Waals surface area contributed by atoms with Gasteiger partial charge in [-0.15, -0.1) is 0 Å². The van der Waals surface area contributed by atoms with E-state index in [4.69, 9.17) is 0 Å². The second kappa shape index (κ2) is 8.21. The number of hydrogen-bond donors (Lipinski definition) is 0. The minimum Gasteiger partial charge on any atom is -0.0616 e. The number of fused-ring (bicyclic) bond motifs is 4. The summed E-state index contributed by atoms with van der Waals surface area (Å²) in [6, 6.07) is 46.7. The Hall–Kier alpha value is -3.69. The molecule has 0 heterocycles. The lowest BCUT2D eigenvalue weighted by molar-refractivity contribution is 1.66. The SMILES string of the molecule is Ic1ccc2c(-c3ccc4ccccc4c3)c3ccccc3c(-c3ccc4ccccc4c3)c2c1. The fraction of sp³-hybridized carbons (Fsp3) is 0.